The van der Waals surface area contributed by atoms with Gasteiger partial charge in [-0.1, -0.05) is 45.7 Å². The molecule has 1 fully saturated rings. The van der Waals surface area contributed by atoms with Crippen molar-refractivity contribution in [2.24, 2.45) is 5.92 Å². The van der Waals surface area contributed by atoms with Crippen LogP contribution in [0.4, 0.5) is 0 Å². The lowest BCUT2D eigenvalue weighted by Crippen LogP contribution is -2.11. The molecule has 0 amide bonds. The van der Waals surface area contributed by atoms with Crippen molar-refractivity contribution in [2.75, 3.05) is 0 Å². The molecule has 18 heavy (non-hydrogen) atoms. The van der Waals surface area contributed by atoms with Gasteiger partial charge >= 0.3 is 0 Å². The van der Waals surface area contributed by atoms with Crippen LogP contribution in [0.15, 0.2) is 18.2 Å². The van der Waals surface area contributed by atoms with Crippen molar-refractivity contribution in [3.05, 3.63) is 34.9 Å². The van der Waals surface area contributed by atoms with E-state index in [4.69, 9.17) is 5.26 Å². The highest BCUT2D eigenvalue weighted by atomic mass is 14.3. The lowest BCUT2D eigenvalue weighted by atomic mass is 9.79. The Morgan fingerprint density at radius 3 is 2.22 bits per heavy atom. The molecule has 1 aromatic carbocycles. The number of rotatable bonds is 1. The summed E-state index contributed by atoms with van der Waals surface area (Å²) in [5.74, 6) is 1.62. The summed E-state index contributed by atoms with van der Waals surface area (Å²) >= 11 is 0. The molecule has 0 N–H and O–H groups in total. The fraction of sp³-hybridized carbons (Fsp3) is 0.588. The van der Waals surface area contributed by atoms with E-state index < -0.39 is 0 Å². The first-order valence-corrected chi connectivity index (χ1v) is 7.21. The van der Waals surface area contributed by atoms with Crippen molar-refractivity contribution in [3.8, 4) is 6.07 Å². The number of hydrogen-bond donors (Lipinski definition) is 0. The maximum absolute atomic E-state index is 8.90. The smallest absolute Gasteiger partial charge is 0.0994 e. The molecule has 0 bridgehead atoms. The molecule has 1 nitrogen and oxygen atoms in total. The third kappa shape index (κ3) is 3.60. The van der Waals surface area contributed by atoms with Gasteiger partial charge in [-0.15, -0.1) is 0 Å². The second-order valence-corrected chi connectivity index (χ2v) is 5.14. The SMILES string of the molecule is CC.Cc1cc(C2CCC(C)CC2)ccc1C#N. The predicted octanol–water partition coefficient (Wildman–Crippen LogP) is 5.19. The lowest BCUT2D eigenvalue weighted by molar-refractivity contribution is 0.348. The van der Waals surface area contributed by atoms with Crippen molar-refractivity contribution in [1.29, 1.82) is 5.26 Å². The molecule has 98 valence electrons. The Kier molecular flexibility index (Phi) is 5.92. The molecule has 1 aliphatic rings. The first kappa shape index (κ1) is 14.8. The zero-order valence-corrected chi connectivity index (χ0v) is 12.2. The highest BCUT2D eigenvalue weighted by molar-refractivity contribution is 5.40. The molecular weight excluding hydrogens is 218 g/mol. The fourth-order valence-corrected chi connectivity index (χ4v) is 2.66. The van der Waals surface area contributed by atoms with Crippen molar-refractivity contribution in [2.45, 2.75) is 59.3 Å². The van der Waals surface area contributed by atoms with Gasteiger partial charge in [-0.05, 0) is 48.8 Å². The summed E-state index contributed by atoms with van der Waals surface area (Å²) in [6, 6.07) is 8.56. The molecule has 1 aromatic rings. The van der Waals surface area contributed by atoms with Crippen LogP contribution in [0.25, 0.3) is 0 Å². The molecular formula is C17H25N. The van der Waals surface area contributed by atoms with Gasteiger partial charge in [-0.25, -0.2) is 0 Å². The summed E-state index contributed by atoms with van der Waals surface area (Å²) in [6.07, 6.45) is 5.33. The summed E-state index contributed by atoms with van der Waals surface area (Å²) in [5.41, 5.74) is 3.37. The van der Waals surface area contributed by atoms with E-state index in [1.807, 2.05) is 26.8 Å². The van der Waals surface area contributed by atoms with Crippen LogP contribution in [0, 0.1) is 24.2 Å². The van der Waals surface area contributed by atoms with Gasteiger partial charge in [0, 0.05) is 0 Å². The first-order chi connectivity index (χ1) is 8.70. The molecule has 0 heterocycles. The molecule has 2 rings (SSSR count). The van der Waals surface area contributed by atoms with Gasteiger partial charge in [0.05, 0.1) is 11.6 Å². The van der Waals surface area contributed by atoms with E-state index in [0.717, 1.165) is 23.0 Å². The van der Waals surface area contributed by atoms with Gasteiger partial charge in [0.15, 0.2) is 0 Å². The molecule has 0 atom stereocenters. The molecule has 0 saturated heterocycles. The van der Waals surface area contributed by atoms with Crippen LogP contribution in [0.3, 0.4) is 0 Å². The van der Waals surface area contributed by atoms with E-state index in [2.05, 4.69) is 25.1 Å². The number of aryl methyl sites for hydroxylation is 1. The second-order valence-electron chi connectivity index (χ2n) is 5.14. The maximum atomic E-state index is 8.90. The minimum absolute atomic E-state index is 0.725. The Bertz CT molecular complexity index is 406. The van der Waals surface area contributed by atoms with Crippen molar-refractivity contribution in [1.82, 2.24) is 0 Å². The Morgan fingerprint density at radius 2 is 1.72 bits per heavy atom. The Balaban J connectivity index is 0.000000771. The zero-order chi connectivity index (χ0) is 13.5. The van der Waals surface area contributed by atoms with E-state index in [9.17, 15) is 0 Å². The summed E-state index contributed by atoms with van der Waals surface area (Å²) in [7, 11) is 0. The summed E-state index contributed by atoms with van der Waals surface area (Å²) < 4.78 is 0. The largest absolute Gasteiger partial charge is 0.192 e. The summed E-state index contributed by atoms with van der Waals surface area (Å²) in [5, 5.41) is 8.90. The molecule has 0 spiro atoms. The minimum Gasteiger partial charge on any atom is -0.192 e. The Hall–Kier alpha value is -1.29. The number of nitriles is 1. The summed E-state index contributed by atoms with van der Waals surface area (Å²) in [6.45, 7) is 8.38. The molecule has 0 unspecified atom stereocenters. The van der Waals surface area contributed by atoms with Gasteiger partial charge in [0.1, 0.15) is 0 Å². The average Bonchev–Trinajstić information content (AvgIpc) is 2.42. The normalized spacial score (nSPS) is 22.6. The number of hydrogen-bond acceptors (Lipinski definition) is 1. The van der Waals surface area contributed by atoms with Gasteiger partial charge in [-0.2, -0.15) is 5.26 Å². The standard InChI is InChI=1S/C15H19N.C2H6/c1-11-3-5-13(6-4-11)14-7-8-15(10-16)12(2)9-14;1-2/h7-9,11,13H,3-6H2,1-2H3;1-2H3. The summed E-state index contributed by atoms with van der Waals surface area (Å²) in [4.78, 5) is 0. The van der Waals surface area contributed by atoms with Crippen molar-refractivity contribution in [3.63, 3.8) is 0 Å². The van der Waals surface area contributed by atoms with Gasteiger partial charge in [-0.3, -0.25) is 0 Å². The van der Waals surface area contributed by atoms with Gasteiger partial charge < -0.3 is 0 Å². The molecule has 0 aromatic heterocycles. The minimum atomic E-state index is 0.725. The molecule has 1 heteroatoms. The topological polar surface area (TPSA) is 23.8 Å². The van der Waals surface area contributed by atoms with Crippen LogP contribution in [-0.2, 0) is 0 Å². The molecule has 0 radical (unpaired) electrons. The Morgan fingerprint density at radius 1 is 1.11 bits per heavy atom. The van der Waals surface area contributed by atoms with Crippen LogP contribution in [0.5, 0.6) is 0 Å². The lowest BCUT2D eigenvalue weighted by Gasteiger charge is -2.26. The number of benzene rings is 1. The first-order valence-electron chi connectivity index (χ1n) is 7.21. The van der Waals surface area contributed by atoms with E-state index in [1.165, 1.54) is 31.2 Å². The van der Waals surface area contributed by atoms with E-state index in [0.29, 0.717) is 0 Å². The average molecular weight is 243 g/mol. The quantitative estimate of drug-likeness (QED) is 0.666. The maximum Gasteiger partial charge on any atom is 0.0994 e. The predicted molar refractivity (Wildman–Crippen MR) is 77.6 cm³/mol. The molecule has 0 aliphatic heterocycles. The highest BCUT2D eigenvalue weighted by Crippen LogP contribution is 2.35. The van der Waals surface area contributed by atoms with Crippen molar-refractivity contribution < 1.29 is 0 Å². The van der Waals surface area contributed by atoms with Crippen LogP contribution in [0.2, 0.25) is 0 Å². The van der Waals surface area contributed by atoms with Gasteiger partial charge in [0.2, 0.25) is 0 Å². The third-order valence-corrected chi connectivity index (χ3v) is 3.86. The van der Waals surface area contributed by atoms with E-state index in [-0.39, 0.29) is 0 Å². The molecule has 1 aliphatic carbocycles. The second kappa shape index (κ2) is 7.21. The highest BCUT2D eigenvalue weighted by Gasteiger charge is 2.19. The van der Waals surface area contributed by atoms with Crippen LogP contribution in [0.1, 0.15) is 69.1 Å². The van der Waals surface area contributed by atoms with Gasteiger partial charge in [0.25, 0.3) is 0 Å². The molecule has 1 saturated carbocycles. The third-order valence-electron chi connectivity index (χ3n) is 3.86. The van der Waals surface area contributed by atoms with Crippen molar-refractivity contribution >= 4 is 0 Å². The monoisotopic (exact) mass is 243 g/mol. The van der Waals surface area contributed by atoms with Crippen LogP contribution < -0.4 is 0 Å². The fourth-order valence-electron chi connectivity index (χ4n) is 2.66. The number of nitrogens with zero attached hydrogens (tertiary/aromatic N) is 1. The Labute approximate surface area is 112 Å². The zero-order valence-electron chi connectivity index (χ0n) is 12.2. The van der Waals surface area contributed by atoms with E-state index >= 15 is 0 Å². The van der Waals surface area contributed by atoms with Crippen LogP contribution in [-0.4, -0.2) is 0 Å². The van der Waals surface area contributed by atoms with Crippen LogP contribution >= 0.6 is 0 Å². The van der Waals surface area contributed by atoms with E-state index in [1.54, 1.807) is 0 Å².